The first-order valence-corrected chi connectivity index (χ1v) is 5.38. The zero-order valence-electron chi connectivity index (χ0n) is 8.02. The molecular weight excluding hydrogens is 254 g/mol. The molecule has 1 aromatic heterocycles. The Morgan fingerprint density at radius 2 is 1.93 bits per heavy atom. The van der Waals surface area contributed by atoms with Crippen molar-refractivity contribution < 1.29 is 0 Å². The fraction of sp³-hybridized carbons (Fsp3) is 0.0909. The number of aromatic nitrogens is 2. The van der Waals surface area contributed by atoms with Crippen LogP contribution in [0, 0.1) is 0 Å². The Balaban J connectivity index is 1.96. The summed E-state index contributed by atoms with van der Waals surface area (Å²) in [5.74, 6) is 0. The van der Waals surface area contributed by atoms with Crippen LogP contribution in [0.4, 0.5) is 5.69 Å². The summed E-state index contributed by atoms with van der Waals surface area (Å²) in [7, 11) is 0. The van der Waals surface area contributed by atoms with Crippen LogP contribution in [0.3, 0.4) is 0 Å². The first-order valence-electron chi connectivity index (χ1n) is 4.59. The lowest BCUT2D eigenvalue weighted by molar-refractivity contribution is 1.01. The second kappa shape index (κ2) is 4.89. The Labute approximate surface area is 96.7 Å². The minimum absolute atomic E-state index is 0.712. The smallest absolute Gasteiger partial charge is 0.115 e. The number of hydrogen-bond donors (Lipinski definition) is 1. The minimum Gasteiger partial charge on any atom is -0.379 e. The van der Waals surface area contributed by atoms with Crippen LogP contribution in [0.25, 0.3) is 0 Å². The van der Waals surface area contributed by atoms with Gasteiger partial charge in [0.15, 0.2) is 0 Å². The van der Waals surface area contributed by atoms with Crippen LogP contribution in [0.15, 0.2) is 47.3 Å². The van der Waals surface area contributed by atoms with E-state index in [1.54, 1.807) is 12.5 Å². The predicted octanol–water partition coefficient (Wildman–Crippen LogP) is 2.85. The summed E-state index contributed by atoms with van der Waals surface area (Å²) in [4.78, 5) is 8.00. The van der Waals surface area contributed by atoms with Crippen LogP contribution >= 0.6 is 15.9 Å². The number of benzene rings is 1. The molecule has 2 rings (SSSR count). The predicted molar refractivity (Wildman–Crippen MR) is 63.5 cm³/mol. The number of halogens is 1. The Bertz CT molecular complexity index is 414. The van der Waals surface area contributed by atoms with Gasteiger partial charge < -0.3 is 5.32 Å². The lowest BCUT2D eigenvalue weighted by Gasteiger charge is -2.05. The van der Waals surface area contributed by atoms with Crippen LogP contribution in [-0.4, -0.2) is 9.97 Å². The van der Waals surface area contributed by atoms with Crippen molar-refractivity contribution in [2.24, 2.45) is 0 Å². The molecule has 0 unspecified atom stereocenters. The van der Waals surface area contributed by atoms with Crippen LogP contribution in [0.1, 0.15) is 5.69 Å². The first kappa shape index (κ1) is 10.1. The maximum Gasteiger partial charge on any atom is 0.115 e. The van der Waals surface area contributed by atoms with Gasteiger partial charge in [0.25, 0.3) is 0 Å². The van der Waals surface area contributed by atoms with Gasteiger partial charge >= 0.3 is 0 Å². The van der Waals surface area contributed by atoms with Gasteiger partial charge in [-0.1, -0.05) is 15.9 Å². The number of anilines is 1. The van der Waals surface area contributed by atoms with E-state index in [9.17, 15) is 0 Å². The number of nitrogens with zero attached hydrogens (tertiary/aromatic N) is 2. The summed E-state index contributed by atoms with van der Waals surface area (Å²) in [6.45, 7) is 0.712. The van der Waals surface area contributed by atoms with Crippen molar-refractivity contribution in [3.63, 3.8) is 0 Å². The maximum absolute atomic E-state index is 4.13. The van der Waals surface area contributed by atoms with Gasteiger partial charge in [-0.2, -0.15) is 0 Å². The van der Waals surface area contributed by atoms with Crippen molar-refractivity contribution >= 4 is 21.6 Å². The molecule has 0 fully saturated rings. The van der Waals surface area contributed by atoms with Crippen molar-refractivity contribution in [3.05, 3.63) is 53.0 Å². The van der Waals surface area contributed by atoms with Gasteiger partial charge in [-0.25, -0.2) is 9.97 Å². The Hall–Kier alpha value is -1.42. The van der Waals surface area contributed by atoms with E-state index >= 15 is 0 Å². The van der Waals surface area contributed by atoms with E-state index in [1.807, 2.05) is 30.3 Å². The molecule has 1 heterocycles. The lowest BCUT2D eigenvalue weighted by atomic mass is 10.3. The van der Waals surface area contributed by atoms with Crippen molar-refractivity contribution in [1.82, 2.24) is 9.97 Å². The van der Waals surface area contributed by atoms with E-state index in [2.05, 4.69) is 31.2 Å². The van der Waals surface area contributed by atoms with Crippen molar-refractivity contribution in [1.29, 1.82) is 0 Å². The molecule has 3 nitrogen and oxygen atoms in total. The van der Waals surface area contributed by atoms with E-state index < -0.39 is 0 Å². The number of rotatable bonds is 3. The molecule has 0 aliphatic carbocycles. The van der Waals surface area contributed by atoms with E-state index in [0.29, 0.717) is 6.54 Å². The third-order valence-corrected chi connectivity index (χ3v) is 2.49. The quantitative estimate of drug-likeness (QED) is 0.926. The van der Waals surface area contributed by atoms with E-state index in [-0.39, 0.29) is 0 Å². The largest absolute Gasteiger partial charge is 0.379 e. The van der Waals surface area contributed by atoms with Crippen LogP contribution in [0.2, 0.25) is 0 Å². The molecule has 0 bridgehead atoms. The molecule has 1 N–H and O–H groups in total. The molecule has 0 atom stereocenters. The highest BCUT2D eigenvalue weighted by atomic mass is 79.9. The topological polar surface area (TPSA) is 37.8 Å². The summed E-state index contributed by atoms with van der Waals surface area (Å²) in [5.41, 5.74) is 2.06. The second-order valence-corrected chi connectivity index (χ2v) is 3.98. The molecule has 0 amide bonds. The van der Waals surface area contributed by atoms with Crippen molar-refractivity contribution in [2.45, 2.75) is 6.54 Å². The zero-order chi connectivity index (χ0) is 10.5. The Morgan fingerprint density at radius 1 is 1.13 bits per heavy atom. The van der Waals surface area contributed by atoms with Crippen molar-refractivity contribution in [2.75, 3.05) is 5.32 Å². The zero-order valence-corrected chi connectivity index (χ0v) is 9.61. The van der Waals surface area contributed by atoms with Gasteiger partial charge in [-0.15, -0.1) is 0 Å². The summed E-state index contributed by atoms with van der Waals surface area (Å²) < 4.78 is 1.08. The van der Waals surface area contributed by atoms with Crippen LogP contribution in [-0.2, 0) is 6.54 Å². The second-order valence-electron chi connectivity index (χ2n) is 3.06. The van der Waals surface area contributed by atoms with Gasteiger partial charge in [0, 0.05) is 16.4 Å². The fourth-order valence-electron chi connectivity index (χ4n) is 1.18. The molecule has 76 valence electrons. The van der Waals surface area contributed by atoms with Gasteiger partial charge in [0.2, 0.25) is 0 Å². The normalized spacial score (nSPS) is 9.93. The highest BCUT2D eigenvalue weighted by Gasteiger charge is 1.94. The molecule has 1 aromatic carbocycles. The van der Waals surface area contributed by atoms with Gasteiger partial charge in [0.05, 0.1) is 12.2 Å². The molecule has 0 saturated carbocycles. The fourth-order valence-corrected chi connectivity index (χ4v) is 1.45. The van der Waals surface area contributed by atoms with E-state index in [1.165, 1.54) is 0 Å². The molecule has 0 aliphatic rings. The average Bonchev–Trinajstić information content (AvgIpc) is 2.30. The Morgan fingerprint density at radius 3 is 2.60 bits per heavy atom. The van der Waals surface area contributed by atoms with Gasteiger partial charge in [-0.3, -0.25) is 0 Å². The molecule has 0 spiro atoms. The van der Waals surface area contributed by atoms with Crippen LogP contribution in [0.5, 0.6) is 0 Å². The molecule has 0 saturated heterocycles. The summed E-state index contributed by atoms with van der Waals surface area (Å²) in [6, 6.07) is 9.94. The molecule has 0 aliphatic heterocycles. The molecule has 15 heavy (non-hydrogen) atoms. The average molecular weight is 264 g/mol. The highest BCUT2D eigenvalue weighted by molar-refractivity contribution is 9.10. The highest BCUT2D eigenvalue weighted by Crippen LogP contribution is 2.14. The number of nitrogens with one attached hydrogen (secondary N) is 1. The standard InChI is InChI=1S/C11H10BrN3/c12-9-1-3-10(4-2-9)14-7-11-5-6-13-8-15-11/h1-6,8,14H,7H2. The van der Waals surface area contributed by atoms with Gasteiger partial charge in [-0.05, 0) is 30.3 Å². The monoisotopic (exact) mass is 263 g/mol. The summed E-state index contributed by atoms with van der Waals surface area (Å²) in [6.07, 6.45) is 3.30. The van der Waals surface area contributed by atoms with E-state index in [0.717, 1.165) is 15.9 Å². The maximum atomic E-state index is 4.13. The summed E-state index contributed by atoms with van der Waals surface area (Å²) >= 11 is 3.39. The molecule has 0 radical (unpaired) electrons. The first-order chi connectivity index (χ1) is 7.34. The lowest BCUT2D eigenvalue weighted by Crippen LogP contribution is -2.01. The molecule has 2 aromatic rings. The third kappa shape index (κ3) is 3.02. The number of hydrogen-bond acceptors (Lipinski definition) is 3. The minimum atomic E-state index is 0.712. The van der Waals surface area contributed by atoms with Crippen LogP contribution < -0.4 is 5.32 Å². The SMILES string of the molecule is Brc1ccc(NCc2ccncn2)cc1. The van der Waals surface area contributed by atoms with E-state index in [4.69, 9.17) is 0 Å². The Kier molecular flexibility index (Phi) is 3.29. The van der Waals surface area contributed by atoms with Gasteiger partial charge in [0.1, 0.15) is 6.33 Å². The van der Waals surface area contributed by atoms with Crippen molar-refractivity contribution in [3.8, 4) is 0 Å². The summed E-state index contributed by atoms with van der Waals surface area (Å²) in [5, 5.41) is 3.28. The third-order valence-electron chi connectivity index (χ3n) is 1.96. The molecular formula is C11H10BrN3. The molecule has 4 heteroatoms.